The van der Waals surface area contributed by atoms with Crippen LogP contribution >= 0.6 is 0 Å². The van der Waals surface area contributed by atoms with Gasteiger partial charge in [0, 0.05) is 50.3 Å². The van der Waals surface area contributed by atoms with Crippen LogP contribution in [0.5, 0.6) is 0 Å². The van der Waals surface area contributed by atoms with Gasteiger partial charge in [-0.15, -0.1) is 10.2 Å². The molecule has 180 valence electrons. The zero-order valence-electron chi connectivity index (χ0n) is 21.0. The summed E-state index contributed by atoms with van der Waals surface area (Å²) in [5, 5.41) is 13.4. The van der Waals surface area contributed by atoms with Crippen molar-refractivity contribution < 1.29 is 4.79 Å². The van der Waals surface area contributed by atoms with E-state index in [-0.39, 0.29) is 5.91 Å². The van der Waals surface area contributed by atoms with Crippen molar-refractivity contribution >= 4 is 17.2 Å². The number of carbonyl (C=O) groups is 1. The molecule has 5 rings (SSSR count). The van der Waals surface area contributed by atoms with Crippen molar-refractivity contribution in [2.45, 2.75) is 40.5 Å². The predicted molar refractivity (Wildman–Crippen MR) is 139 cm³/mol. The van der Waals surface area contributed by atoms with E-state index >= 15 is 0 Å². The van der Waals surface area contributed by atoms with Gasteiger partial charge in [0.1, 0.15) is 0 Å². The molecule has 1 aliphatic heterocycles. The standard InChI is InChI=1S/C28H32N6O/c1-19-5-6-21(3)25(17-19)32-13-15-33(16-14-32)28(35)12-11-27-30-29-26-10-9-24(31-34(26)27)23-8-7-20(2)22(4)18-23/h5-10,17-18H,11-16H2,1-4H3. The average molecular weight is 469 g/mol. The second-order valence-electron chi connectivity index (χ2n) is 9.56. The van der Waals surface area contributed by atoms with Gasteiger partial charge in [0.2, 0.25) is 5.91 Å². The molecule has 1 fully saturated rings. The van der Waals surface area contributed by atoms with E-state index in [0.717, 1.165) is 37.4 Å². The maximum atomic E-state index is 13.0. The Hall–Kier alpha value is -3.74. The lowest BCUT2D eigenvalue weighted by atomic mass is 10.0. The number of hydrogen-bond acceptors (Lipinski definition) is 5. The van der Waals surface area contributed by atoms with E-state index in [4.69, 9.17) is 5.10 Å². The van der Waals surface area contributed by atoms with E-state index in [2.05, 4.69) is 79.2 Å². The van der Waals surface area contributed by atoms with Crippen molar-refractivity contribution in [2.75, 3.05) is 31.1 Å². The SMILES string of the molecule is Cc1ccc(C)c(N2CCN(C(=O)CCc3nnc4ccc(-c5ccc(C)c(C)c5)nn34)CC2)c1. The normalized spacial score (nSPS) is 14.1. The van der Waals surface area contributed by atoms with Crippen LogP contribution in [-0.4, -0.2) is 56.8 Å². The Morgan fingerprint density at radius 3 is 2.37 bits per heavy atom. The Bertz CT molecular complexity index is 1380. The summed E-state index contributed by atoms with van der Waals surface area (Å²) in [6.07, 6.45) is 0.917. The van der Waals surface area contributed by atoms with Crippen molar-refractivity contribution in [2.24, 2.45) is 0 Å². The molecule has 4 aromatic rings. The highest BCUT2D eigenvalue weighted by Crippen LogP contribution is 2.24. The van der Waals surface area contributed by atoms with Crippen LogP contribution in [0.2, 0.25) is 0 Å². The van der Waals surface area contributed by atoms with Gasteiger partial charge in [0.25, 0.3) is 0 Å². The summed E-state index contributed by atoms with van der Waals surface area (Å²) in [4.78, 5) is 17.3. The summed E-state index contributed by atoms with van der Waals surface area (Å²) in [5.41, 5.74) is 8.94. The number of rotatable bonds is 5. The minimum Gasteiger partial charge on any atom is -0.368 e. The van der Waals surface area contributed by atoms with Gasteiger partial charge in [0.15, 0.2) is 11.5 Å². The molecule has 0 saturated carbocycles. The first kappa shape index (κ1) is 23.0. The molecule has 0 spiro atoms. The van der Waals surface area contributed by atoms with Gasteiger partial charge in [-0.05, 0) is 74.2 Å². The number of aromatic nitrogens is 4. The fourth-order valence-electron chi connectivity index (χ4n) is 4.68. The molecule has 0 atom stereocenters. The first-order valence-corrected chi connectivity index (χ1v) is 12.3. The van der Waals surface area contributed by atoms with Gasteiger partial charge in [-0.25, -0.2) is 0 Å². The Labute approximate surface area is 206 Å². The quantitative estimate of drug-likeness (QED) is 0.437. The molecule has 1 saturated heterocycles. The molecular formula is C28H32N6O. The van der Waals surface area contributed by atoms with Crippen LogP contribution in [0.1, 0.15) is 34.5 Å². The van der Waals surface area contributed by atoms with E-state index in [0.29, 0.717) is 24.3 Å². The Kier molecular flexibility index (Phi) is 6.24. The number of anilines is 1. The van der Waals surface area contributed by atoms with Crippen LogP contribution in [0.15, 0.2) is 48.5 Å². The second kappa shape index (κ2) is 9.49. The monoisotopic (exact) mass is 468 g/mol. The van der Waals surface area contributed by atoms with E-state index < -0.39 is 0 Å². The first-order valence-electron chi connectivity index (χ1n) is 12.3. The number of benzene rings is 2. The van der Waals surface area contributed by atoms with Crippen molar-refractivity contribution in [3.8, 4) is 11.3 Å². The van der Waals surface area contributed by atoms with Crippen LogP contribution < -0.4 is 4.90 Å². The number of fused-ring (bicyclic) bond motifs is 1. The lowest BCUT2D eigenvalue weighted by Crippen LogP contribution is -2.49. The van der Waals surface area contributed by atoms with E-state index in [9.17, 15) is 4.79 Å². The fraction of sp³-hybridized carbons (Fsp3) is 0.357. The van der Waals surface area contributed by atoms with Gasteiger partial charge in [-0.1, -0.05) is 24.3 Å². The highest BCUT2D eigenvalue weighted by Gasteiger charge is 2.22. The average Bonchev–Trinajstić information content (AvgIpc) is 3.28. The number of hydrogen-bond donors (Lipinski definition) is 0. The number of carbonyl (C=O) groups excluding carboxylic acids is 1. The van der Waals surface area contributed by atoms with Crippen molar-refractivity contribution in [3.05, 3.63) is 76.6 Å². The van der Waals surface area contributed by atoms with Crippen molar-refractivity contribution in [1.82, 2.24) is 24.7 Å². The Morgan fingerprint density at radius 2 is 1.60 bits per heavy atom. The third kappa shape index (κ3) is 4.76. The third-order valence-electron chi connectivity index (χ3n) is 7.03. The summed E-state index contributed by atoms with van der Waals surface area (Å²) in [7, 11) is 0. The zero-order valence-corrected chi connectivity index (χ0v) is 21.0. The zero-order chi connectivity index (χ0) is 24.5. The van der Waals surface area contributed by atoms with Crippen LogP contribution in [0.4, 0.5) is 5.69 Å². The second-order valence-corrected chi connectivity index (χ2v) is 9.56. The first-order chi connectivity index (χ1) is 16.9. The van der Waals surface area contributed by atoms with Gasteiger partial charge in [0.05, 0.1) is 5.69 Å². The molecule has 2 aromatic heterocycles. The van der Waals surface area contributed by atoms with E-state index in [1.54, 1.807) is 4.52 Å². The number of amides is 1. The van der Waals surface area contributed by atoms with Crippen LogP contribution in [0.25, 0.3) is 16.9 Å². The van der Waals surface area contributed by atoms with Gasteiger partial charge < -0.3 is 9.80 Å². The maximum absolute atomic E-state index is 13.0. The highest BCUT2D eigenvalue weighted by atomic mass is 16.2. The molecule has 7 heteroatoms. The van der Waals surface area contributed by atoms with Gasteiger partial charge in [-0.3, -0.25) is 4.79 Å². The molecule has 0 radical (unpaired) electrons. The van der Waals surface area contributed by atoms with E-state index in [1.807, 2.05) is 17.0 Å². The Morgan fingerprint density at radius 1 is 0.829 bits per heavy atom. The summed E-state index contributed by atoms with van der Waals surface area (Å²) < 4.78 is 1.77. The molecule has 1 aliphatic rings. The smallest absolute Gasteiger partial charge is 0.223 e. The Balaban J connectivity index is 1.24. The summed E-state index contributed by atoms with van der Waals surface area (Å²) in [6, 6.07) is 16.8. The molecule has 1 amide bonds. The summed E-state index contributed by atoms with van der Waals surface area (Å²) >= 11 is 0. The molecule has 0 aliphatic carbocycles. The molecule has 0 bridgehead atoms. The minimum atomic E-state index is 0.160. The third-order valence-corrected chi connectivity index (χ3v) is 7.03. The number of aryl methyl sites for hydroxylation is 5. The lowest BCUT2D eigenvalue weighted by molar-refractivity contribution is -0.131. The maximum Gasteiger partial charge on any atom is 0.223 e. The molecule has 0 N–H and O–H groups in total. The fourth-order valence-corrected chi connectivity index (χ4v) is 4.68. The van der Waals surface area contributed by atoms with Gasteiger partial charge in [-0.2, -0.15) is 9.61 Å². The minimum absolute atomic E-state index is 0.160. The van der Waals surface area contributed by atoms with Crippen LogP contribution in [-0.2, 0) is 11.2 Å². The summed E-state index contributed by atoms with van der Waals surface area (Å²) in [6.45, 7) is 11.7. The van der Waals surface area contributed by atoms with Crippen molar-refractivity contribution in [1.29, 1.82) is 0 Å². The summed E-state index contributed by atoms with van der Waals surface area (Å²) in [5.74, 6) is 0.876. The van der Waals surface area contributed by atoms with Crippen LogP contribution in [0, 0.1) is 27.7 Å². The largest absolute Gasteiger partial charge is 0.368 e. The van der Waals surface area contributed by atoms with Crippen LogP contribution in [0.3, 0.4) is 0 Å². The number of nitrogens with zero attached hydrogens (tertiary/aromatic N) is 6. The number of piperazine rings is 1. The molecule has 2 aromatic carbocycles. The highest BCUT2D eigenvalue weighted by molar-refractivity contribution is 5.77. The predicted octanol–water partition coefficient (Wildman–Crippen LogP) is 4.31. The molecule has 3 heterocycles. The van der Waals surface area contributed by atoms with Crippen molar-refractivity contribution in [3.63, 3.8) is 0 Å². The van der Waals surface area contributed by atoms with E-state index in [1.165, 1.54) is 27.9 Å². The molecule has 35 heavy (non-hydrogen) atoms. The van der Waals surface area contributed by atoms with Gasteiger partial charge >= 0.3 is 0 Å². The molecule has 7 nitrogen and oxygen atoms in total. The molecular weight excluding hydrogens is 436 g/mol. The molecule has 0 unspecified atom stereocenters. The topological polar surface area (TPSA) is 66.6 Å². The lowest BCUT2D eigenvalue weighted by Gasteiger charge is -2.37.